The second-order valence-corrected chi connectivity index (χ2v) is 3.12. The fraction of sp³-hybridized carbons (Fsp3) is 0.364. The number of anilines is 1. The number of aliphatic hydroxyl groups is 1. The van der Waals surface area contributed by atoms with Crippen LogP contribution in [0.5, 0.6) is 0 Å². The zero-order chi connectivity index (χ0) is 10.4. The summed E-state index contributed by atoms with van der Waals surface area (Å²) in [5.74, 6) is 0. The van der Waals surface area contributed by atoms with Crippen LogP contribution in [0.3, 0.4) is 0 Å². The molecule has 0 unspecified atom stereocenters. The third-order valence-corrected chi connectivity index (χ3v) is 2.05. The fourth-order valence-corrected chi connectivity index (χ4v) is 1.41. The Bertz CT molecular complexity index is 299. The molecule has 1 aromatic heterocycles. The molecule has 0 radical (unpaired) electrons. The van der Waals surface area contributed by atoms with Crippen LogP contribution in [0.1, 0.15) is 5.56 Å². The normalized spacial score (nSPS) is 9.86. The van der Waals surface area contributed by atoms with Gasteiger partial charge in [-0.1, -0.05) is 6.08 Å². The Morgan fingerprint density at radius 3 is 3.00 bits per heavy atom. The molecule has 76 valence electrons. The predicted octanol–water partition coefficient (Wildman–Crippen LogP) is 1.37. The maximum absolute atomic E-state index is 8.92. The third kappa shape index (κ3) is 2.57. The molecule has 1 heterocycles. The Hall–Kier alpha value is -1.35. The van der Waals surface area contributed by atoms with Gasteiger partial charge in [-0.3, -0.25) is 4.98 Å². The second kappa shape index (κ2) is 5.40. The average molecular weight is 192 g/mol. The number of aliphatic hydroxyl groups excluding tert-OH is 1. The van der Waals surface area contributed by atoms with Crippen molar-refractivity contribution in [3.63, 3.8) is 0 Å². The molecule has 0 aliphatic heterocycles. The Morgan fingerprint density at radius 1 is 1.64 bits per heavy atom. The zero-order valence-corrected chi connectivity index (χ0v) is 8.48. The van der Waals surface area contributed by atoms with Crippen molar-refractivity contribution in [2.24, 2.45) is 0 Å². The molecule has 3 heteroatoms. The molecule has 3 nitrogen and oxygen atoms in total. The van der Waals surface area contributed by atoms with Gasteiger partial charge in [0.25, 0.3) is 0 Å². The lowest BCUT2D eigenvalue weighted by atomic mass is 10.2. The SMILES string of the molecule is C=CCN(CCO)c1ccncc1C. The average Bonchev–Trinajstić information content (AvgIpc) is 2.18. The number of hydrogen-bond donors (Lipinski definition) is 1. The Morgan fingerprint density at radius 2 is 2.43 bits per heavy atom. The van der Waals surface area contributed by atoms with Crippen molar-refractivity contribution in [1.29, 1.82) is 0 Å². The summed E-state index contributed by atoms with van der Waals surface area (Å²) in [7, 11) is 0. The zero-order valence-electron chi connectivity index (χ0n) is 8.48. The lowest BCUT2D eigenvalue weighted by Gasteiger charge is -2.23. The topological polar surface area (TPSA) is 36.4 Å². The number of pyridine rings is 1. The van der Waals surface area contributed by atoms with Crippen LogP contribution in [0.25, 0.3) is 0 Å². The quantitative estimate of drug-likeness (QED) is 0.716. The smallest absolute Gasteiger partial charge is 0.0606 e. The first-order valence-electron chi connectivity index (χ1n) is 4.67. The highest BCUT2D eigenvalue weighted by molar-refractivity contribution is 5.51. The highest BCUT2D eigenvalue weighted by Gasteiger charge is 2.05. The van der Waals surface area contributed by atoms with Crippen LogP contribution in [0, 0.1) is 6.92 Å². The summed E-state index contributed by atoms with van der Waals surface area (Å²) in [6.45, 7) is 7.22. The van der Waals surface area contributed by atoms with Crippen LogP contribution in [0.15, 0.2) is 31.1 Å². The van der Waals surface area contributed by atoms with E-state index in [1.807, 2.05) is 25.3 Å². The van der Waals surface area contributed by atoms with E-state index in [9.17, 15) is 0 Å². The molecule has 0 aliphatic carbocycles. The van der Waals surface area contributed by atoms with Crippen LogP contribution >= 0.6 is 0 Å². The number of hydrogen-bond acceptors (Lipinski definition) is 3. The van der Waals surface area contributed by atoms with Gasteiger partial charge in [-0.15, -0.1) is 6.58 Å². The first kappa shape index (κ1) is 10.7. The minimum absolute atomic E-state index is 0.148. The first-order valence-corrected chi connectivity index (χ1v) is 4.67. The number of nitrogens with zero attached hydrogens (tertiary/aromatic N) is 2. The van der Waals surface area contributed by atoms with Gasteiger partial charge >= 0.3 is 0 Å². The van der Waals surface area contributed by atoms with E-state index in [1.54, 1.807) is 6.20 Å². The summed E-state index contributed by atoms with van der Waals surface area (Å²) in [4.78, 5) is 6.11. The summed E-state index contributed by atoms with van der Waals surface area (Å²) in [5, 5.41) is 8.92. The van der Waals surface area contributed by atoms with Crippen molar-refractivity contribution in [3.8, 4) is 0 Å². The van der Waals surface area contributed by atoms with E-state index >= 15 is 0 Å². The fourth-order valence-electron chi connectivity index (χ4n) is 1.41. The van der Waals surface area contributed by atoms with Gasteiger partial charge < -0.3 is 10.0 Å². The van der Waals surface area contributed by atoms with E-state index in [0.29, 0.717) is 6.54 Å². The summed E-state index contributed by atoms with van der Waals surface area (Å²) in [6, 6.07) is 1.95. The van der Waals surface area contributed by atoms with Gasteiger partial charge in [0.2, 0.25) is 0 Å². The summed E-state index contributed by atoms with van der Waals surface area (Å²) < 4.78 is 0. The molecule has 0 amide bonds. The van der Waals surface area contributed by atoms with Crippen LogP contribution in [-0.2, 0) is 0 Å². The van der Waals surface area contributed by atoms with Crippen molar-refractivity contribution in [2.75, 3.05) is 24.6 Å². The van der Waals surface area contributed by atoms with Crippen molar-refractivity contribution in [1.82, 2.24) is 4.98 Å². The summed E-state index contributed by atoms with van der Waals surface area (Å²) in [6.07, 6.45) is 5.41. The van der Waals surface area contributed by atoms with Crippen LogP contribution in [0.4, 0.5) is 5.69 Å². The highest BCUT2D eigenvalue weighted by Crippen LogP contribution is 2.17. The van der Waals surface area contributed by atoms with Crippen LogP contribution in [0.2, 0.25) is 0 Å². The van der Waals surface area contributed by atoms with Gasteiger partial charge in [-0.05, 0) is 18.6 Å². The minimum Gasteiger partial charge on any atom is -0.395 e. The Labute approximate surface area is 84.7 Å². The Balaban J connectivity index is 2.86. The molecule has 0 saturated carbocycles. The van der Waals surface area contributed by atoms with E-state index in [1.165, 1.54) is 0 Å². The molecular formula is C11H16N2O. The lowest BCUT2D eigenvalue weighted by molar-refractivity contribution is 0.303. The van der Waals surface area contributed by atoms with Crippen LogP contribution < -0.4 is 4.90 Å². The number of aryl methyl sites for hydroxylation is 1. The van der Waals surface area contributed by atoms with Crippen molar-refractivity contribution in [2.45, 2.75) is 6.92 Å². The van der Waals surface area contributed by atoms with Gasteiger partial charge in [0.1, 0.15) is 0 Å². The highest BCUT2D eigenvalue weighted by atomic mass is 16.3. The number of aromatic nitrogens is 1. The molecule has 1 N–H and O–H groups in total. The molecule has 0 aromatic carbocycles. The van der Waals surface area contributed by atoms with Crippen molar-refractivity contribution in [3.05, 3.63) is 36.7 Å². The molecule has 14 heavy (non-hydrogen) atoms. The first-order chi connectivity index (χ1) is 6.79. The van der Waals surface area contributed by atoms with Crippen molar-refractivity contribution >= 4 is 5.69 Å². The predicted molar refractivity (Wildman–Crippen MR) is 58.5 cm³/mol. The van der Waals surface area contributed by atoms with Gasteiger partial charge in [0.05, 0.1) is 6.61 Å². The van der Waals surface area contributed by atoms with E-state index in [0.717, 1.165) is 17.8 Å². The molecule has 0 aliphatic rings. The van der Waals surface area contributed by atoms with E-state index in [-0.39, 0.29) is 6.61 Å². The van der Waals surface area contributed by atoms with Gasteiger partial charge in [-0.25, -0.2) is 0 Å². The summed E-state index contributed by atoms with van der Waals surface area (Å²) in [5.41, 5.74) is 2.22. The van der Waals surface area contributed by atoms with Gasteiger partial charge in [0.15, 0.2) is 0 Å². The largest absolute Gasteiger partial charge is 0.395 e. The molecule has 1 aromatic rings. The summed E-state index contributed by atoms with van der Waals surface area (Å²) >= 11 is 0. The molecule has 0 atom stereocenters. The van der Waals surface area contributed by atoms with Crippen LogP contribution in [-0.4, -0.2) is 29.8 Å². The van der Waals surface area contributed by atoms with E-state index in [2.05, 4.69) is 16.5 Å². The van der Waals surface area contributed by atoms with Gasteiger partial charge in [-0.2, -0.15) is 0 Å². The third-order valence-electron chi connectivity index (χ3n) is 2.05. The molecule has 0 saturated heterocycles. The Kier molecular flexibility index (Phi) is 4.13. The monoisotopic (exact) mass is 192 g/mol. The van der Waals surface area contributed by atoms with Crippen molar-refractivity contribution < 1.29 is 5.11 Å². The van der Waals surface area contributed by atoms with Gasteiger partial charge in [0, 0.05) is 31.2 Å². The molecule has 0 spiro atoms. The molecule has 1 rings (SSSR count). The maximum atomic E-state index is 8.92. The lowest BCUT2D eigenvalue weighted by Crippen LogP contribution is -2.27. The van der Waals surface area contributed by atoms with E-state index < -0.39 is 0 Å². The molecule has 0 bridgehead atoms. The standard InChI is InChI=1S/C11H16N2O/c1-3-6-13(7-8-14)11-4-5-12-9-10(11)2/h3-5,9,14H,1,6-8H2,2H3. The molecular weight excluding hydrogens is 176 g/mol. The maximum Gasteiger partial charge on any atom is 0.0606 e. The number of rotatable bonds is 5. The van der Waals surface area contributed by atoms with E-state index in [4.69, 9.17) is 5.11 Å². The second-order valence-electron chi connectivity index (χ2n) is 3.12. The minimum atomic E-state index is 0.148. The molecule has 0 fully saturated rings.